The summed E-state index contributed by atoms with van der Waals surface area (Å²) in [5, 5.41) is 13.8. The molecule has 2 aromatic heterocycles. The van der Waals surface area contributed by atoms with Crippen molar-refractivity contribution in [2.45, 2.75) is 13.3 Å². The second kappa shape index (κ2) is 3.91. The molecule has 2 aromatic rings. The van der Waals surface area contributed by atoms with E-state index in [9.17, 15) is 0 Å². The second-order valence-electron chi connectivity index (χ2n) is 2.87. The third kappa shape index (κ3) is 1.69. The maximum atomic E-state index is 8.61. The summed E-state index contributed by atoms with van der Waals surface area (Å²) in [5.41, 5.74) is 2.14. The number of hydrogen-bond donors (Lipinski definition) is 0. The Hall–Kier alpha value is -1.18. The minimum atomic E-state index is 0.466. The summed E-state index contributed by atoms with van der Waals surface area (Å²) in [6, 6.07) is 4.21. The smallest absolute Gasteiger partial charge is 0.124 e. The van der Waals surface area contributed by atoms with Crippen LogP contribution in [0.5, 0.6) is 0 Å². The fraction of sp³-hybridized carbons (Fsp3) is 0.200. The van der Waals surface area contributed by atoms with Crippen LogP contribution in [-0.2, 0) is 6.42 Å². The lowest BCUT2D eigenvalue weighted by Crippen LogP contribution is -1.79. The highest BCUT2D eigenvalue weighted by Crippen LogP contribution is 2.29. The van der Waals surface area contributed by atoms with Crippen LogP contribution >= 0.6 is 22.7 Å². The average molecular weight is 220 g/mol. The summed E-state index contributed by atoms with van der Waals surface area (Å²) in [4.78, 5) is 5.52. The maximum Gasteiger partial charge on any atom is 0.124 e. The molecule has 0 saturated heterocycles. The number of nitrogens with zero attached hydrogens (tertiary/aromatic N) is 2. The maximum absolute atomic E-state index is 8.61. The van der Waals surface area contributed by atoms with Gasteiger partial charge in [0.25, 0.3) is 0 Å². The van der Waals surface area contributed by atoms with Crippen LogP contribution < -0.4 is 0 Å². The first-order chi connectivity index (χ1) is 6.81. The molecule has 2 nitrogen and oxygen atoms in total. The van der Waals surface area contributed by atoms with Crippen LogP contribution in [0.25, 0.3) is 10.6 Å². The van der Waals surface area contributed by atoms with Crippen molar-refractivity contribution in [1.29, 1.82) is 5.26 Å². The summed E-state index contributed by atoms with van der Waals surface area (Å²) >= 11 is 3.28. The van der Waals surface area contributed by atoms with Crippen LogP contribution in [0.15, 0.2) is 16.8 Å². The van der Waals surface area contributed by atoms with E-state index in [1.807, 2.05) is 12.3 Å². The van der Waals surface area contributed by atoms with E-state index >= 15 is 0 Å². The molecule has 2 rings (SSSR count). The molecule has 0 aliphatic rings. The first-order valence-electron chi connectivity index (χ1n) is 4.17. The number of aromatic nitrogens is 1. The Bertz CT molecular complexity index is 463. The molecule has 0 saturated carbocycles. The molecule has 0 fully saturated rings. The molecular weight excluding hydrogens is 212 g/mol. The van der Waals surface area contributed by atoms with Gasteiger partial charge in [-0.1, -0.05) is 0 Å². The van der Waals surface area contributed by atoms with Gasteiger partial charge in [-0.25, -0.2) is 4.98 Å². The zero-order valence-electron chi connectivity index (χ0n) is 7.65. The van der Waals surface area contributed by atoms with Gasteiger partial charge >= 0.3 is 0 Å². The zero-order chi connectivity index (χ0) is 9.97. The van der Waals surface area contributed by atoms with E-state index < -0.39 is 0 Å². The molecule has 4 heteroatoms. The van der Waals surface area contributed by atoms with Crippen molar-refractivity contribution in [2.24, 2.45) is 0 Å². The molecular formula is C10H8N2S2. The van der Waals surface area contributed by atoms with Crippen LogP contribution in [0.2, 0.25) is 0 Å². The molecule has 0 bridgehead atoms. The van der Waals surface area contributed by atoms with E-state index in [0.717, 1.165) is 21.1 Å². The Kier molecular flexibility index (Phi) is 2.62. The molecule has 0 aliphatic carbocycles. The molecule has 14 heavy (non-hydrogen) atoms. The average Bonchev–Trinajstić information content (AvgIpc) is 2.76. The van der Waals surface area contributed by atoms with Gasteiger partial charge in [0.2, 0.25) is 0 Å². The lowest BCUT2D eigenvalue weighted by atomic mass is 10.3. The van der Waals surface area contributed by atoms with Gasteiger partial charge in [0.1, 0.15) is 5.01 Å². The van der Waals surface area contributed by atoms with E-state index in [1.165, 1.54) is 0 Å². The minimum Gasteiger partial charge on any atom is -0.241 e. The van der Waals surface area contributed by atoms with E-state index in [1.54, 1.807) is 22.7 Å². The van der Waals surface area contributed by atoms with Crippen molar-refractivity contribution in [2.75, 3.05) is 0 Å². The molecule has 2 heterocycles. The largest absolute Gasteiger partial charge is 0.241 e. The molecule has 0 amide bonds. The Morgan fingerprint density at radius 2 is 2.43 bits per heavy atom. The molecule has 0 aliphatic heterocycles. The standard InChI is InChI=1S/C10H8N2S2/c1-7-9(2-4-11)14-10(12-7)8-3-5-13-6-8/h3,5-6H,2H2,1H3. The fourth-order valence-corrected chi connectivity index (χ4v) is 2.88. The lowest BCUT2D eigenvalue weighted by molar-refractivity contribution is 1.19. The van der Waals surface area contributed by atoms with Crippen LogP contribution in [0.1, 0.15) is 10.6 Å². The number of hydrogen-bond acceptors (Lipinski definition) is 4. The number of aryl methyl sites for hydroxylation is 1. The highest BCUT2D eigenvalue weighted by atomic mass is 32.1. The SMILES string of the molecule is Cc1nc(-c2ccsc2)sc1CC#N. The van der Waals surface area contributed by atoms with Crippen molar-refractivity contribution in [1.82, 2.24) is 4.98 Å². The summed E-state index contributed by atoms with van der Waals surface area (Å²) in [6.07, 6.45) is 0.466. The molecule has 0 unspecified atom stereocenters. The Balaban J connectivity index is 2.39. The van der Waals surface area contributed by atoms with Gasteiger partial charge in [0.15, 0.2) is 0 Å². The Labute approximate surface area is 90.5 Å². The summed E-state index contributed by atoms with van der Waals surface area (Å²) in [5.74, 6) is 0. The first kappa shape index (κ1) is 9.38. The molecule has 0 spiro atoms. The predicted octanol–water partition coefficient (Wildman–Crippen LogP) is 3.25. The van der Waals surface area contributed by atoms with Gasteiger partial charge in [-0.15, -0.1) is 11.3 Å². The number of thiophene rings is 1. The minimum absolute atomic E-state index is 0.466. The predicted molar refractivity (Wildman–Crippen MR) is 59.5 cm³/mol. The van der Waals surface area contributed by atoms with Crippen molar-refractivity contribution in [3.8, 4) is 16.6 Å². The second-order valence-corrected chi connectivity index (χ2v) is 4.74. The first-order valence-corrected chi connectivity index (χ1v) is 5.93. The third-order valence-electron chi connectivity index (χ3n) is 1.90. The highest BCUT2D eigenvalue weighted by Gasteiger charge is 2.08. The zero-order valence-corrected chi connectivity index (χ0v) is 9.28. The van der Waals surface area contributed by atoms with Crippen molar-refractivity contribution in [3.63, 3.8) is 0 Å². The van der Waals surface area contributed by atoms with Crippen molar-refractivity contribution < 1.29 is 0 Å². The molecule has 70 valence electrons. The van der Waals surface area contributed by atoms with Gasteiger partial charge in [-0.3, -0.25) is 0 Å². The molecule has 0 atom stereocenters. The Morgan fingerprint density at radius 3 is 3.07 bits per heavy atom. The van der Waals surface area contributed by atoms with Gasteiger partial charge in [0.05, 0.1) is 18.2 Å². The molecule has 0 aromatic carbocycles. The summed E-state index contributed by atoms with van der Waals surface area (Å²) in [7, 11) is 0. The Morgan fingerprint density at radius 1 is 1.57 bits per heavy atom. The number of rotatable bonds is 2. The summed E-state index contributed by atoms with van der Waals surface area (Å²) in [6.45, 7) is 1.96. The van der Waals surface area contributed by atoms with E-state index in [2.05, 4.69) is 22.5 Å². The molecule has 0 radical (unpaired) electrons. The summed E-state index contributed by atoms with van der Waals surface area (Å²) < 4.78 is 0. The number of nitriles is 1. The van der Waals surface area contributed by atoms with Crippen molar-refractivity contribution in [3.05, 3.63) is 27.4 Å². The molecule has 0 N–H and O–H groups in total. The van der Waals surface area contributed by atoms with Gasteiger partial charge < -0.3 is 0 Å². The quantitative estimate of drug-likeness (QED) is 0.779. The topological polar surface area (TPSA) is 36.7 Å². The van der Waals surface area contributed by atoms with Crippen LogP contribution in [0.3, 0.4) is 0 Å². The highest BCUT2D eigenvalue weighted by molar-refractivity contribution is 7.15. The lowest BCUT2D eigenvalue weighted by Gasteiger charge is -1.85. The fourth-order valence-electron chi connectivity index (χ4n) is 1.17. The van der Waals surface area contributed by atoms with Gasteiger partial charge in [-0.05, 0) is 18.4 Å². The van der Waals surface area contributed by atoms with Gasteiger partial charge in [-0.2, -0.15) is 16.6 Å². The van der Waals surface area contributed by atoms with Crippen LogP contribution in [0, 0.1) is 18.3 Å². The van der Waals surface area contributed by atoms with Crippen LogP contribution in [0.4, 0.5) is 0 Å². The van der Waals surface area contributed by atoms with Crippen LogP contribution in [-0.4, -0.2) is 4.98 Å². The third-order valence-corrected chi connectivity index (χ3v) is 3.79. The number of thiazole rings is 1. The van der Waals surface area contributed by atoms with E-state index in [0.29, 0.717) is 6.42 Å². The monoisotopic (exact) mass is 220 g/mol. The van der Waals surface area contributed by atoms with Crippen molar-refractivity contribution >= 4 is 22.7 Å². The van der Waals surface area contributed by atoms with Gasteiger partial charge in [0, 0.05) is 15.8 Å². The van der Waals surface area contributed by atoms with E-state index in [4.69, 9.17) is 5.26 Å². The normalized spacial score (nSPS) is 10.0. The van der Waals surface area contributed by atoms with E-state index in [-0.39, 0.29) is 0 Å².